The van der Waals surface area contributed by atoms with E-state index in [2.05, 4.69) is 35.9 Å². The van der Waals surface area contributed by atoms with Crippen LogP contribution < -0.4 is 16.2 Å². The number of aromatic nitrogens is 2. The number of amides is 1. The Morgan fingerprint density at radius 2 is 2.26 bits per heavy atom. The molecule has 0 bridgehead atoms. The second-order valence-electron chi connectivity index (χ2n) is 3.43. The fraction of sp³-hybridized carbons (Fsp3) is 0.100. The van der Waals surface area contributed by atoms with E-state index < -0.39 is 11.5 Å². The van der Waals surface area contributed by atoms with Crippen LogP contribution in [0.5, 0.6) is 0 Å². The minimum Gasteiger partial charge on any atom is -0.355 e. The summed E-state index contributed by atoms with van der Waals surface area (Å²) < 4.78 is 3.23. The van der Waals surface area contributed by atoms with Crippen LogP contribution in [0.25, 0.3) is 0 Å². The molecule has 2 aromatic rings. The van der Waals surface area contributed by atoms with Crippen molar-refractivity contribution in [3.63, 3.8) is 0 Å². The van der Waals surface area contributed by atoms with Crippen LogP contribution in [-0.4, -0.2) is 22.3 Å². The summed E-state index contributed by atoms with van der Waals surface area (Å²) >= 11 is 10.1. The molecule has 0 unspecified atom stereocenters. The molecule has 1 amide bonds. The third-order valence-electron chi connectivity index (χ3n) is 2.15. The van der Waals surface area contributed by atoms with Gasteiger partial charge in [0.1, 0.15) is 21.5 Å². The Bertz CT molecular complexity index is 664. The van der Waals surface area contributed by atoms with Crippen LogP contribution in [0.2, 0.25) is 5.15 Å². The van der Waals surface area contributed by atoms with Gasteiger partial charge in [-0.2, -0.15) is 0 Å². The highest BCUT2D eigenvalue weighted by Crippen LogP contribution is 2.25. The molecule has 6 nitrogen and oxygen atoms in total. The lowest BCUT2D eigenvalue weighted by Crippen LogP contribution is -2.24. The van der Waals surface area contributed by atoms with Crippen LogP contribution in [0.1, 0.15) is 10.4 Å². The van der Waals surface area contributed by atoms with Crippen LogP contribution in [-0.2, 0) is 0 Å². The fourth-order valence-corrected chi connectivity index (χ4v) is 2.88. The number of aromatic amines is 1. The van der Waals surface area contributed by atoms with Gasteiger partial charge in [0.25, 0.3) is 11.5 Å². The van der Waals surface area contributed by atoms with E-state index in [0.717, 1.165) is 16.0 Å². The first-order valence-electron chi connectivity index (χ1n) is 5.05. The molecule has 0 aromatic carbocycles. The molecule has 0 radical (unpaired) electrons. The fourth-order valence-electron chi connectivity index (χ4n) is 1.37. The summed E-state index contributed by atoms with van der Waals surface area (Å²) in [6.45, 7) is 0. The Labute approximate surface area is 125 Å². The average molecular weight is 364 g/mol. The summed E-state index contributed by atoms with van der Waals surface area (Å²) in [7, 11) is 1.46. The highest BCUT2D eigenvalue weighted by atomic mass is 79.9. The van der Waals surface area contributed by atoms with Crippen molar-refractivity contribution in [1.29, 1.82) is 0 Å². The molecule has 19 heavy (non-hydrogen) atoms. The number of halogens is 2. The molecule has 2 rings (SSSR count). The molecule has 2 aromatic heterocycles. The molecule has 2 heterocycles. The van der Waals surface area contributed by atoms with E-state index >= 15 is 0 Å². The van der Waals surface area contributed by atoms with E-state index in [4.69, 9.17) is 11.6 Å². The standard InChI is InChI=1S/C10H8BrClN4O2S/c1-13-8(17)7-9(18)16-19-10(7)15-6-3-4(11)2-5(12)14-6/h2-3H,1H3,(H,13,17)(H,14,15)(H,16,18). The number of nitrogens with one attached hydrogen (secondary N) is 3. The maximum Gasteiger partial charge on any atom is 0.273 e. The lowest BCUT2D eigenvalue weighted by molar-refractivity contribution is 0.0963. The van der Waals surface area contributed by atoms with Gasteiger partial charge in [-0.1, -0.05) is 27.5 Å². The number of anilines is 2. The molecular weight excluding hydrogens is 356 g/mol. The van der Waals surface area contributed by atoms with Crippen molar-refractivity contribution in [2.45, 2.75) is 0 Å². The zero-order chi connectivity index (χ0) is 14.0. The van der Waals surface area contributed by atoms with Gasteiger partial charge in [-0.15, -0.1) is 0 Å². The van der Waals surface area contributed by atoms with Gasteiger partial charge in [-0.3, -0.25) is 14.0 Å². The number of rotatable bonds is 3. The second-order valence-corrected chi connectivity index (χ2v) is 5.55. The van der Waals surface area contributed by atoms with Crippen LogP contribution in [0, 0.1) is 0 Å². The lowest BCUT2D eigenvalue weighted by atomic mass is 10.3. The van der Waals surface area contributed by atoms with E-state index in [9.17, 15) is 9.59 Å². The van der Waals surface area contributed by atoms with Gasteiger partial charge < -0.3 is 10.6 Å². The monoisotopic (exact) mass is 362 g/mol. The number of H-pyrrole nitrogens is 1. The van der Waals surface area contributed by atoms with Gasteiger partial charge in [-0.05, 0) is 23.7 Å². The SMILES string of the molecule is CNC(=O)c1c(Nc2cc(Br)cc(Cl)n2)s[nH]c1=O. The normalized spacial score (nSPS) is 10.3. The van der Waals surface area contributed by atoms with Gasteiger partial charge in [0.15, 0.2) is 0 Å². The minimum absolute atomic E-state index is 0.0189. The van der Waals surface area contributed by atoms with Crippen LogP contribution in [0.4, 0.5) is 10.8 Å². The van der Waals surface area contributed by atoms with Crippen molar-refractivity contribution in [1.82, 2.24) is 14.7 Å². The van der Waals surface area contributed by atoms with Gasteiger partial charge in [0.2, 0.25) is 0 Å². The molecule has 0 saturated heterocycles. The Morgan fingerprint density at radius 3 is 2.89 bits per heavy atom. The highest BCUT2D eigenvalue weighted by molar-refractivity contribution is 9.10. The summed E-state index contributed by atoms with van der Waals surface area (Å²) in [5, 5.41) is 5.97. The third-order valence-corrected chi connectivity index (χ3v) is 3.60. The molecule has 0 fully saturated rings. The highest BCUT2D eigenvalue weighted by Gasteiger charge is 2.18. The molecule has 0 spiro atoms. The van der Waals surface area contributed by atoms with Gasteiger partial charge in [-0.25, -0.2) is 4.98 Å². The zero-order valence-electron chi connectivity index (χ0n) is 9.58. The van der Waals surface area contributed by atoms with Gasteiger partial charge in [0, 0.05) is 11.5 Å². The van der Waals surface area contributed by atoms with Crippen molar-refractivity contribution in [3.8, 4) is 0 Å². The minimum atomic E-state index is -0.467. The van der Waals surface area contributed by atoms with E-state index in [-0.39, 0.29) is 5.56 Å². The predicted molar refractivity (Wildman–Crippen MR) is 78.6 cm³/mol. The third kappa shape index (κ3) is 3.14. The summed E-state index contributed by atoms with van der Waals surface area (Å²) in [4.78, 5) is 27.2. The van der Waals surface area contributed by atoms with Crippen LogP contribution in [0.3, 0.4) is 0 Å². The Hall–Kier alpha value is -1.38. The zero-order valence-corrected chi connectivity index (χ0v) is 12.7. The smallest absolute Gasteiger partial charge is 0.273 e. The Morgan fingerprint density at radius 1 is 1.53 bits per heavy atom. The average Bonchev–Trinajstić information content (AvgIpc) is 2.68. The summed E-state index contributed by atoms with van der Waals surface area (Å²) in [6.07, 6.45) is 0. The molecule has 0 aliphatic carbocycles. The van der Waals surface area contributed by atoms with Crippen molar-refractivity contribution in [2.75, 3.05) is 12.4 Å². The number of carbonyl (C=O) groups is 1. The second kappa shape index (κ2) is 5.72. The van der Waals surface area contributed by atoms with E-state index in [1.807, 2.05) is 0 Å². The van der Waals surface area contributed by atoms with Gasteiger partial charge >= 0.3 is 0 Å². The van der Waals surface area contributed by atoms with E-state index in [1.54, 1.807) is 12.1 Å². The summed E-state index contributed by atoms with van der Waals surface area (Å²) in [5.41, 5.74) is -0.432. The number of carbonyl (C=O) groups excluding carboxylic acids is 1. The van der Waals surface area contributed by atoms with Crippen LogP contribution >= 0.6 is 39.1 Å². The molecule has 3 N–H and O–H groups in total. The van der Waals surface area contributed by atoms with Crippen molar-refractivity contribution >= 4 is 55.8 Å². The quantitative estimate of drug-likeness (QED) is 0.731. The first-order valence-corrected chi connectivity index (χ1v) is 7.03. The first kappa shape index (κ1) is 14.0. The number of hydrogen-bond donors (Lipinski definition) is 3. The molecule has 0 aliphatic rings. The lowest BCUT2D eigenvalue weighted by Gasteiger charge is -2.05. The molecule has 0 atom stereocenters. The molecule has 0 saturated carbocycles. The maximum atomic E-state index is 11.6. The Balaban J connectivity index is 2.39. The molecule has 100 valence electrons. The summed E-state index contributed by atoms with van der Waals surface area (Å²) in [6, 6.07) is 3.32. The van der Waals surface area contributed by atoms with Crippen molar-refractivity contribution in [2.24, 2.45) is 0 Å². The van der Waals surface area contributed by atoms with E-state index in [1.165, 1.54) is 7.05 Å². The number of hydrogen-bond acceptors (Lipinski definition) is 5. The van der Waals surface area contributed by atoms with Crippen molar-refractivity contribution < 1.29 is 4.79 Å². The molecular formula is C10H8BrClN4O2S. The number of pyridine rings is 1. The number of nitrogens with zero attached hydrogens (tertiary/aromatic N) is 1. The van der Waals surface area contributed by atoms with E-state index in [0.29, 0.717) is 16.0 Å². The molecule has 0 aliphatic heterocycles. The van der Waals surface area contributed by atoms with Gasteiger partial charge in [0.05, 0.1) is 0 Å². The summed E-state index contributed by atoms with van der Waals surface area (Å²) in [5.74, 6) is -0.0362. The van der Waals surface area contributed by atoms with Crippen molar-refractivity contribution in [3.05, 3.63) is 37.7 Å². The largest absolute Gasteiger partial charge is 0.355 e. The van der Waals surface area contributed by atoms with Crippen LogP contribution in [0.15, 0.2) is 21.4 Å². The maximum absolute atomic E-state index is 11.6. The predicted octanol–water partition coefficient (Wildman–Crippen LogP) is 2.35. The first-order chi connectivity index (χ1) is 9.01. The molecule has 9 heteroatoms. The topological polar surface area (TPSA) is 86.9 Å². The Kier molecular flexibility index (Phi) is 4.23.